The van der Waals surface area contributed by atoms with Gasteiger partial charge in [-0.3, -0.25) is 4.79 Å². The molecule has 5 heteroatoms. The molecule has 0 aliphatic carbocycles. The molecule has 0 aliphatic heterocycles. The van der Waals surface area contributed by atoms with Crippen molar-refractivity contribution in [3.05, 3.63) is 52.5 Å². The lowest BCUT2D eigenvalue weighted by Gasteiger charge is -2.16. The van der Waals surface area contributed by atoms with Crippen LogP contribution in [-0.4, -0.2) is 24.9 Å². The van der Waals surface area contributed by atoms with Crippen LogP contribution in [0.3, 0.4) is 0 Å². The molecule has 0 spiro atoms. The van der Waals surface area contributed by atoms with Crippen molar-refractivity contribution in [1.82, 2.24) is 4.90 Å². The first-order chi connectivity index (χ1) is 9.88. The van der Waals surface area contributed by atoms with Gasteiger partial charge >= 0.3 is 0 Å². The van der Waals surface area contributed by atoms with Gasteiger partial charge in [0, 0.05) is 30.9 Å². The molecule has 0 fully saturated rings. The van der Waals surface area contributed by atoms with Gasteiger partial charge in [0.05, 0.1) is 5.56 Å². The number of nitrogens with zero attached hydrogens (tertiary/aromatic N) is 1. The van der Waals surface area contributed by atoms with Crippen LogP contribution < -0.4 is 10.5 Å². The van der Waals surface area contributed by atoms with Crippen molar-refractivity contribution >= 4 is 23.2 Å². The second-order valence-electron chi connectivity index (χ2n) is 4.97. The van der Waals surface area contributed by atoms with Gasteiger partial charge in [0.2, 0.25) is 0 Å². The summed E-state index contributed by atoms with van der Waals surface area (Å²) in [5, 5.41) is 0.569. The molecule has 4 nitrogen and oxygen atoms in total. The number of carbonyl (C=O) groups excluding carboxylic acids is 1. The van der Waals surface area contributed by atoms with E-state index in [0.717, 1.165) is 5.56 Å². The molecule has 0 atom stereocenters. The van der Waals surface area contributed by atoms with E-state index in [1.54, 1.807) is 44.4 Å². The fourth-order valence-corrected chi connectivity index (χ4v) is 2.01. The predicted octanol–water partition coefficient (Wildman–Crippen LogP) is 3.72. The SMILES string of the molecule is Cc1ccc(Cl)cc1Oc1cc(N)ccc1C(=O)N(C)C. The maximum Gasteiger partial charge on any atom is 0.257 e. The molecule has 2 aromatic carbocycles. The fraction of sp³-hybridized carbons (Fsp3) is 0.188. The van der Waals surface area contributed by atoms with Crippen LogP contribution in [0.4, 0.5) is 5.69 Å². The highest BCUT2D eigenvalue weighted by Gasteiger charge is 2.16. The van der Waals surface area contributed by atoms with Crippen LogP contribution in [0.25, 0.3) is 0 Å². The van der Waals surface area contributed by atoms with Crippen molar-refractivity contribution in [1.29, 1.82) is 0 Å². The number of benzene rings is 2. The number of ether oxygens (including phenoxy) is 1. The van der Waals surface area contributed by atoms with Crippen molar-refractivity contribution in [3.63, 3.8) is 0 Å². The van der Waals surface area contributed by atoms with Crippen LogP contribution in [0.5, 0.6) is 11.5 Å². The van der Waals surface area contributed by atoms with Crippen molar-refractivity contribution in [2.24, 2.45) is 0 Å². The maximum absolute atomic E-state index is 12.2. The lowest BCUT2D eigenvalue weighted by Crippen LogP contribution is -2.22. The molecule has 0 unspecified atom stereocenters. The third-order valence-electron chi connectivity index (χ3n) is 3.01. The van der Waals surface area contributed by atoms with Gasteiger partial charge in [0.15, 0.2) is 0 Å². The van der Waals surface area contributed by atoms with E-state index in [4.69, 9.17) is 22.1 Å². The third-order valence-corrected chi connectivity index (χ3v) is 3.25. The molecule has 0 bridgehead atoms. The molecule has 21 heavy (non-hydrogen) atoms. The molecule has 0 aliphatic rings. The van der Waals surface area contributed by atoms with E-state index in [1.807, 2.05) is 13.0 Å². The highest BCUT2D eigenvalue weighted by molar-refractivity contribution is 6.30. The van der Waals surface area contributed by atoms with Gasteiger partial charge in [0.1, 0.15) is 11.5 Å². The van der Waals surface area contributed by atoms with Gasteiger partial charge in [0.25, 0.3) is 5.91 Å². The first-order valence-corrected chi connectivity index (χ1v) is 6.81. The molecule has 1 amide bonds. The van der Waals surface area contributed by atoms with E-state index in [1.165, 1.54) is 4.90 Å². The Labute approximate surface area is 129 Å². The van der Waals surface area contributed by atoms with Crippen LogP contribution >= 0.6 is 11.6 Å². The maximum atomic E-state index is 12.2. The summed E-state index contributed by atoms with van der Waals surface area (Å²) in [6, 6.07) is 10.3. The lowest BCUT2D eigenvalue weighted by atomic mass is 10.1. The summed E-state index contributed by atoms with van der Waals surface area (Å²) in [4.78, 5) is 13.7. The Hall–Kier alpha value is -2.20. The zero-order chi connectivity index (χ0) is 15.6. The summed E-state index contributed by atoms with van der Waals surface area (Å²) in [5.74, 6) is 0.865. The van der Waals surface area contributed by atoms with E-state index in [-0.39, 0.29) is 5.91 Å². The molecular formula is C16H17ClN2O2. The quantitative estimate of drug-likeness (QED) is 0.879. The summed E-state index contributed by atoms with van der Waals surface area (Å²) in [7, 11) is 3.38. The first-order valence-electron chi connectivity index (χ1n) is 6.43. The Balaban J connectivity index is 2.45. The van der Waals surface area contributed by atoms with Crippen LogP contribution in [0, 0.1) is 6.92 Å². The topological polar surface area (TPSA) is 55.6 Å². The van der Waals surface area contributed by atoms with Crippen molar-refractivity contribution in [3.8, 4) is 11.5 Å². The normalized spacial score (nSPS) is 10.3. The van der Waals surface area contributed by atoms with Gasteiger partial charge < -0.3 is 15.4 Å². The number of nitrogen functional groups attached to an aromatic ring is 1. The Kier molecular flexibility index (Phi) is 4.38. The average Bonchev–Trinajstić information content (AvgIpc) is 2.42. The molecule has 0 saturated heterocycles. The van der Waals surface area contributed by atoms with Gasteiger partial charge in [-0.25, -0.2) is 0 Å². The summed E-state index contributed by atoms with van der Waals surface area (Å²) in [6.07, 6.45) is 0. The number of hydrogen-bond donors (Lipinski definition) is 1. The molecule has 0 saturated carbocycles. The molecule has 2 N–H and O–H groups in total. The Bertz CT molecular complexity index is 684. The third kappa shape index (κ3) is 3.47. The van der Waals surface area contributed by atoms with Gasteiger partial charge in [-0.05, 0) is 36.8 Å². The summed E-state index contributed by atoms with van der Waals surface area (Å²) in [6.45, 7) is 1.91. The van der Waals surface area contributed by atoms with E-state index in [9.17, 15) is 4.79 Å². The number of rotatable bonds is 3. The van der Waals surface area contributed by atoms with Gasteiger partial charge in [-0.2, -0.15) is 0 Å². The van der Waals surface area contributed by atoms with Crippen LogP contribution in [0.1, 0.15) is 15.9 Å². The minimum atomic E-state index is -0.148. The summed E-state index contributed by atoms with van der Waals surface area (Å²) < 4.78 is 5.86. The zero-order valence-electron chi connectivity index (χ0n) is 12.2. The Morgan fingerprint density at radius 2 is 1.86 bits per heavy atom. The predicted molar refractivity (Wildman–Crippen MR) is 85.1 cm³/mol. The molecule has 0 heterocycles. The van der Waals surface area contributed by atoms with Gasteiger partial charge in [-0.1, -0.05) is 17.7 Å². The highest BCUT2D eigenvalue weighted by atomic mass is 35.5. The van der Waals surface area contributed by atoms with Crippen molar-refractivity contribution < 1.29 is 9.53 Å². The number of carbonyl (C=O) groups is 1. The Morgan fingerprint density at radius 3 is 2.52 bits per heavy atom. The van der Waals surface area contributed by atoms with Crippen molar-refractivity contribution in [2.75, 3.05) is 19.8 Å². The number of amides is 1. The molecule has 0 radical (unpaired) electrons. The van der Waals surface area contributed by atoms with E-state index >= 15 is 0 Å². The van der Waals surface area contributed by atoms with Crippen LogP contribution in [0.15, 0.2) is 36.4 Å². The van der Waals surface area contributed by atoms with Crippen LogP contribution in [0.2, 0.25) is 5.02 Å². The summed E-state index contributed by atoms with van der Waals surface area (Å²) >= 11 is 5.99. The van der Waals surface area contributed by atoms with Gasteiger partial charge in [-0.15, -0.1) is 0 Å². The number of halogens is 1. The standard InChI is InChI=1S/C16H17ClN2O2/c1-10-4-5-11(17)8-14(10)21-15-9-12(18)6-7-13(15)16(20)19(2)3/h4-9H,18H2,1-3H3. The molecular weight excluding hydrogens is 288 g/mol. The summed E-state index contributed by atoms with van der Waals surface area (Å²) in [5.41, 5.74) is 7.70. The smallest absolute Gasteiger partial charge is 0.257 e. The Morgan fingerprint density at radius 1 is 1.14 bits per heavy atom. The average molecular weight is 305 g/mol. The monoisotopic (exact) mass is 304 g/mol. The molecule has 0 aromatic heterocycles. The number of hydrogen-bond acceptors (Lipinski definition) is 3. The van der Waals surface area contributed by atoms with Crippen LogP contribution in [-0.2, 0) is 0 Å². The molecule has 2 rings (SSSR count). The minimum Gasteiger partial charge on any atom is -0.456 e. The molecule has 2 aromatic rings. The first kappa shape index (κ1) is 15.2. The minimum absolute atomic E-state index is 0.148. The largest absolute Gasteiger partial charge is 0.456 e. The number of nitrogens with two attached hydrogens (primary N) is 1. The second kappa shape index (κ2) is 6.06. The van der Waals surface area contributed by atoms with E-state index < -0.39 is 0 Å². The zero-order valence-corrected chi connectivity index (χ0v) is 12.9. The highest BCUT2D eigenvalue weighted by Crippen LogP contribution is 2.31. The van der Waals surface area contributed by atoms with Crippen molar-refractivity contribution in [2.45, 2.75) is 6.92 Å². The molecule has 110 valence electrons. The number of anilines is 1. The fourth-order valence-electron chi connectivity index (χ4n) is 1.84. The second-order valence-corrected chi connectivity index (χ2v) is 5.40. The lowest BCUT2D eigenvalue weighted by molar-refractivity contribution is 0.0825. The van der Waals surface area contributed by atoms with E-state index in [0.29, 0.717) is 27.8 Å². The van der Waals surface area contributed by atoms with E-state index in [2.05, 4.69) is 0 Å². The number of aryl methyl sites for hydroxylation is 1.